The van der Waals surface area contributed by atoms with Crippen LogP contribution in [0.4, 0.5) is 13.2 Å². The van der Waals surface area contributed by atoms with E-state index in [0.29, 0.717) is 9.39 Å². The van der Waals surface area contributed by atoms with Crippen LogP contribution in [0.25, 0.3) is 16.3 Å². The van der Waals surface area contributed by atoms with Gasteiger partial charge in [-0.05, 0) is 23.1 Å². The minimum absolute atomic E-state index is 0.129. The summed E-state index contributed by atoms with van der Waals surface area (Å²) in [6.45, 7) is 0.273. The molecule has 29 heavy (non-hydrogen) atoms. The van der Waals surface area contributed by atoms with E-state index in [2.05, 4.69) is 15.1 Å². The van der Waals surface area contributed by atoms with Crippen LogP contribution < -0.4 is 0 Å². The second-order valence-electron chi connectivity index (χ2n) is 6.30. The zero-order valence-electron chi connectivity index (χ0n) is 15.1. The van der Waals surface area contributed by atoms with E-state index in [-0.39, 0.29) is 23.8 Å². The molecule has 0 N–H and O–H groups in total. The molecule has 3 heterocycles. The van der Waals surface area contributed by atoms with E-state index in [0.717, 1.165) is 11.6 Å². The molecule has 148 valence electrons. The van der Waals surface area contributed by atoms with Gasteiger partial charge in [0.15, 0.2) is 5.69 Å². The molecule has 0 fully saturated rings. The number of hydrogen-bond donors (Lipinski definition) is 0. The molecular formula is C19H14F3N5OS. The highest BCUT2D eigenvalue weighted by Gasteiger charge is 2.36. The Hall–Kier alpha value is -3.27. The number of carbonyl (C=O) groups excluding carboxylic acids is 1. The quantitative estimate of drug-likeness (QED) is 0.501. The summed E-state index contributed by atoms with van der Waals surface area (Å²) in [5, 5.41) is 5.54. The van der Waals surface area contributed by atoms with Gasteiger partial charge in [0.05, 0.1) is 10.6 Å². The van der Waals surface area contributed by atoms with Gasteiger partial charge in [-0.2, -0.15) is 22.7 Å². The highest BCUT2D eigenvalue weighted by atomic mass is 32.1. The van der Waals surface area contributed by atoms with Crippen molar-refractivity contribution >= 4 is 23.0 Å². The molecule has 0 aliphatic rings. The number of rotatable bonds is 4. The topological polar surface area (TPSA) is 63.4 Å². The first-order valence-electron chi connectivity index (χ1n) is 8.51. The molecular weight excluding hydrogens is 403 g/mol. The van der Waals surface area contributed by atoms with Gasteiger partial charge in [0.25, 0.3) is 11.7 Å². The first-order chi connectivity index (χ1) is 13.8. The first-order valence-corrected chi connectivity index (χ1v) is 9.39. The van der Waals surface area contributed by atoms with Crippen molar-refractivity contribution in [1.82, 2.24) is 24.5 Å². The van der Waals surface area contributed by atoms with E-state index in [9.17, 15) is 18.0 Å². The molecule has 0 unspecified atom stereocenters. The summed E-state index contributed by atoms with van der Waals surface area (Å²) in [6, 6.07) is 13.5. The highest BCUT2D eigenvalue weighted by Crippen LogP contribution is 2.33. The average molecular weight is 417 g/mol. The Balaban J connectivity index is 1.74. The zero-order valence-corrected chi connectivity index (χ0v) is 15.9. The van der Waals surface area contributed by atoms with Gasteiger partial charge in [-0.3, -0.25) is 4.79 Å². The van der Waals surface area contributed by atoms with Crippen molar-refractivity contribution in [2.24, 2.45) is 0 Å². The van der Waals surface area contributed by atoms with E-state index in [1.165, 1.54) is 23.3 Å². The van der Waals surface area contributed by atoms with Crippen molar-refractivity contribution in [2.75, 3.05) is 7.05 Å². The van der Waals surface area contributed by atoms with Crippen LogP contribution in [0.5, 0.6) is 0 Å². The fourth-order valence-corrected chi connectivity index (χ4v) is 3.50. The third-order valence-electron chi connectivity index (χ3n) is 4.18. The molecule has 0 bridgehead atoms. The standard InChI is InChI=1S/C19H14F3N5OS/c1-26(11-12-6-3-2-4-7-12)17(28)16-24-18-23-13(14-8-5-9-29-14)10-15(19(20,21)22)27(18)25-16/h2-10H,11H2,1H3. The fraction of sp³-hybridized carbons (Fsp3) is 0.158. The second-order valence-corrected chi connectivity index (χ2v) is 7.24. The van der Waals surface area contributed by atoms with Gasteiger partial charge < -0.3 is 4.90 Å². The molecule has 3 aromatic heterocycles. The number of carbonyl (C=O) groups is 1. The number of benzene rings is 1. The van der Waals surface area contributed by atoms with Gasteiger partial charge >= 0.3 is 6.18 Å². The summed E-state index contributed by atoms with van der Waals surface area (Å²) in [5.41, 5.74) is -0.0340. The molecule has 6 nitrogen and oxygen atoms in total. The van der Waals surface area contributed by atoms with Crippen LogP contribution in [0.2, 0.25) is 0 Å². The molecule has 1 amide bonds. The average Bonchev–Trinajstić information content (AvgIpc) is 3.36. The van der Waals surface area contributed by atoms with E-state index >= 15 is 0 Å². The molecule has 0 saturated heterocycles. The number of fused-ring (bicyclic) bond motifs is 1. The lowest BCUT2D eigenvalue weighted by Crippen LogP contribution is -2.27. The number of alkyl halides is 3. The van der Waals surface area contributed by atoms with E-state index in [4.69, 9.17) is 0 Å². The van der Waals surface area contributed by atoms with Crippen LogP contribution in [0.3, 0.4) is 0 Å². The highest BCUT2D eigenvalue weighted by molar-refractivity contribution is 7.13. The molecule has 1 aromatic carbocycles. The van der Waals surface area contributed by atoms with Crippen molar-refractivity contribution < 1.29 is 18.0 Å². The van der Waals surface area contributed by atoms with Gasteiger partial charge in [0.2, 0.25) is 5.82 Å². The van der Waals surface area contributed by atoms with Crippen LogP contribution in [-0.4, -0.2) is 37.4 Å². The number of halogens is 3. The maximum Gasteiger partial charge on any atom is 0.433 e. The van der Waals surface area contributed by atoms with Gasteiger partial charge in [-0.15, -0.1) is 16.4 Å². The summed E-state index contributed by atoms with van der Waals surface area (Å²) >= 11 is 1.26. The lowest BCUT2D eigenvalue weighted by Gasteiger charge is -2.15. The van der Waals surface area contributed by atoms with Crippen molar-refractivity contribution in [3.05, 3.63) is 71.0 Å². The van der Waals surface area contributed by atoms with Gasteiger partial charge in [0, 0.05) is 13.6 Å². The van der Waals surface area contributed by atoms with Crippen molar-refractivity contribution in [3.63, 3.8) is 0 Å². The van der Waals surface area contributed by atoms with Crippen LogP contribution >= 0.6 is 11.3 Å². The Kier molecular flexibility index (Phi) is 4.79. The third-order valence-corrected chi connectivity index (χ3v) is 5.07. The normalized spacial score (nSPS) is 11.7. The van der Waals surface area contributed by atoms with Gasteiger partial charge in [-0.25, -0.2) is 4.98 Å². The monoisotopic (exact) mass is 417 g/mol. The predicted molar refractivity (Wildman–Crippen MR) is 101 cm³/mol. The largest absolute Gasteiger partial charge is 0.433 e. The van der Waals surface area contributed by atoms with Crippen molar-refractivity contribution in [3.8, 4) is 10.6 Å². The third kappa shape index (κ3) is 3.83. The molecule has 0 spiro atoms. The van der Waals surface area contributed by atoms with Crippen molar-refractivity contribution in [1.29, 1.82) is 0 Å². The Labute approximate surface area is 167 Å². The zero-order chi connectivity index (χ0) is 20.6. The summed E-state index contributed by atoms with van der Waals surface area (Å²) in [6.07, 6.45) is -4.68. The minimum Gasteiger partial charge on any atom is -0.335 e. The fourth-order valence-electron chi connectivity index (χ4n) is 2.81. The van der Waals surface area contributed by atoms with Crippen LogP contribution in [-0.2, 0) is 12.7 Å². The first kappa shape index (κ1) is 19.1. The molecule has 0 atom stereocenters. The second kappa shape index (κ2) is 7.28. The lowest BCUT2D eigenvalue weighted by atomic mass is 10.2. The van der Waals surface area contributed by atoms with Gasteiger partial charge in [0.1, 0.15) is 0 Å². The molecule has 4 rings (SSSR count). The van der Waals surface area contributed by atoms with Gasteiger partial charge in [-0.1, -0.05) is 36.4 Å². The molecule has 0 saturated carbocycles. The molecule has 0 radical (unpaired) electrons. The Bertz CT molecular complexity index is 1160. The maximum absolute atomic E-state index is 13.6. The SMILES string of the molecule is CN(Cc1ccccc1)C(=O)c1nc2nc(-c3cccs3)cc(C(F)(F)F)n2n1. The molecule has 0 aliphatic carbocycles. The predicted octanol–water partition coefficient (Wildman–Crippen LogP) is 4.14. The Morgan fingerprint density at radius 3 is 2.55 bits per heavy atom. The summed E-state index contributed by atoms with van der Waals surface area (Å²) in [5.74, 6) is -1.21. The van der Waals surface area contributed by atoms with E-state index < -0.39 is 17.8 Å². The number of aromatic nitrogens is 4. The number of hydrogen-bond acceptors (Lipinski definition) is 5. The van der Waals surface area contributed by atoms with Crippen LogP contribution in [0, 0.1) is 0 Å². The summed E-state index contributed by atoms with van der Waals surface area (Å²) in [4.78, 5) is 22.7. The summed E-state index contributed by atoms with van der Waals surface area (Å²) in [7, 11) is 1.54. The lowest BCUT2D eigenvalue weighted by molar-refractivity contribution is -0.142. The number of thiophene rings is 1. The number of amides is 1. The van der Waals surface area contributed by atoms with Crippen molar-refractivity contribution in [2.45, 2.75) is 12.7 Å². The molecule has 10 heteroatoms. The van der Waals surface area contributed by atoms with E-state index in [1.807, 2.05) is 30.3 Å². The smallest absolute Gasteiger partial charge is 0.335 e. The summed E-state index contributed by atoms with van der Waals surface area (Å²) < 4.78 is 41.3. The number of nitrogens with zero attached hydrogens (tertiary/aromatic N) is 5. The van der Waals surface area contributed by atoms with Crippen LogP contribution in [0.15, 0.2) is 53.9 Å². The minimum atomic E-state index is -4.68. The maximum atomic E-state index is 13.6. The Morgan fingerprint density at radius 2 is 1.90 bits per heavy atom. The van der Waals surface area contributed by atoms with E-state index in [1.54, 1.807) is 17.5 Å². The molecule has 4 aromatic rings. The Morgan fingerprint density at radius 1 is 1.14 bits per heavy atom. The van der Waals surface area contributed by atoms with Crippen LogP contribution in [0.1, 0.15) is 21.9 Å². The molecule has 0 aliphatic heterocycles.